The fourth-order valence-corrected chi connectivity index (χ4v) is 4.33. The first-order chi connectivity index (χ1) is 16.3. The van der Waals surface area contributed by atoms with Gasteiger partial charge in [0.15, 0.2) is 0 Å². The first-order valence-electron chi connectivity index (χ1n) is 11.4. The van der Waals surface area contributed by atoms with E-state index >= 15 is 0 Å². The minimum Gasteiger partial charge on any atom is -0.480 e. The van der Waals surface area contributed by atoms with Gasteiger partial charge in [-0.25, -0.2) is 4.79 Å². The van der Waals surface area contributed by atoms with Gasteiger partial charge in [0.1, 0.15) is 19.2 Å². The highest BCUT2D eigenvalue weighted by Gasteiger charge is 2.31. The van der Waals surface area contributed by atoms with Gasteiger partial charge in [-0.15, -0.1) is 0 Å². The number of fused-ring (bicyclic) bond motifs is 3. The van der Waals surface area contributed by atoms with Gasteiger partial charge in [0.2, 0.25) is 5.91 Å². The van der Waals surface area contributed by atoms with Crippen LogP contribution in [-0.2, 0) is 19.1 Å². The average Bonchev–Trinajstić information content (AvgIpc) is 3.13. The number of methoxy groups -OCH3 is 1. The van der Waals surface area contributed by atoms with Gasteiger partial charge < -0.3 is 24.8 Å². The fraction of sp³-hybridized carbons (Fsp3) is 0.423. The fourth-order valence-electron chi connectivity index (χ4n) is 4.33. The SMILES string of the molecule is COCCN(CC(=O)O)C(=O)[C@H](CC(C)C)NC(=O)OCC1c2ccccc2-c2ccccc21. The van der Waals surface area contributed by atoms with Gasteiger partial charge in [-0.3, -0.25) is 9.59 Å². The highest BCUT2D eigenvalue weighted by Crippen LogP contribution is 2.44. The van der Waals surface area contributed by atoms with Gasteiger partial charge in [-0.05, 0) is 34.6 Å². The second-order valence-electron chi connectivity index (χ2n) is 8.80. The molecule has 3 rings (SSSR count). The molecule has 182 valence electrons. The van der Waals surface area contributed by atoms with Crippen molar-refractivity contribution in [2.75, 3.05) is 33.4 Å². The third-order valence-electron chi connectivity index (χ3n) is 5.84. The lowest BCUT2D eigenvalue weighted by Crippen LogP contribution is -2.51. The summed E-state index contributed by atoms with van der Waals surface area (Å²) in [7, 11) is 1.48. The van der Waals surface area contributed by atoms with Crippen LogP contribution >= 0.6 is 0 Å². The highest BCUT2D eigenvalue weighted by molar-refractivity contribution is 5.88. The summed E-state index contributed by atoms with van der Waals surface area (Å²) in [5, 5.41) is 11.9. The Bertz CT molecular complexity index is 976. The average molecular weight is 469 g/mol. The van der Waals surface area contributed by atoms with Gasteiger partial charge in [-0.1, -0.05) is 62.4 Å². The maximum atomic E-state index is 13.1. The van der Waals surface area contributed by atoms with Crippen molar-refractivity contribution in [3.05, 3.63) is 59.7 Å². The lowest BCUT2D eigenvalue weighted by molar-refractivity contribution is -0.145. The third kappa shape index (κ3) is 6.14. The molecule has 8 nitrogen and oxygen atoms in total. The molecule has 0 bridgehead atoms. The van der Waals surface area contributed by atoms with E-state index in [1.54, 1.807) is 0 Å². The molecule has 0 radical (unpaired) electrons. The van der Waals surface area contributed by atoms with Gasteiger partial charge in [0.25, 0.3) is 0 Å². The summed E-state index contributed by atoms with van der Waals surface area (Å²) in [6, 6.07) is 15.2. The molecule has 0 fully saturated rings. The number of nitrogens with one attached hydrogen (secondary N) is 1. The standard InChI is InChI=1S/C26H32N2O6/c1-17(2)14-23(25(31)28(12-13-33-3)15-24(29)30)27-26(32)34-16-22-20-10-6-4-8-18(20)19-9-5-7-11-21(19)22/h4-11,17,22-23H,12-16H2,1-3H3,(H,27,32)(H,29,30)/t23-/m0/s1. The summed E-state index contributed by atoms with van der Waals surface area (Å²) in [6.07, 6.45) is -0.352. The van der Waals surface area contributed by atoms with Gasteiger partial charge in [0.05, 0.1) is 6.61 Å². The van der Waals surface area contributed by atoms with Crippen LogP contribution in [0.4, 0.5) is 4.79 Å². The lowest BCUT2D eigenvalue weighted by atomic mass is 9.98. The van der Waals surface area contributed by atoms with Gasteiger partial charge >= 0.3 is 12.1 Å². The number of benzene rings is 2. The Morgan fingerprint density at radius 3 is 2.15 bits per heavy atom. The molecule has 0 aromatic heterocycles. The monoisotopic (exact) mass is 468 g/mol. The molecule has 2 N–H and O–H groups in total. The third-order valence-corrected chi connectivity index (χ3v) is 5.84. The summed E-state index contributed by atoms with van der Waals surface area (Å²) in [4.78, 5) is 38.2. The topological polar surface area (TPSA) is 105 Å². The zero-order chi connectivity index (χ0) is 24.7. The zero-order valence-electron chi connectivity index (χ0n) is 19.8. The number of alkyl carbamates (subject to hydrolysis) is 1. The second-order valence-corrected chi connectivity index (χ2v) is 8.80. The number of carboxylic acid groups (broad SMARTS) is 1. The molecule has 0 saturated carbocycles. The largest absolute Gasteiger partial charge is 0.480 e. The molecule has 1 atom stereocenters. The van der Waals surface area contributed by atoms with E-state index in [1.807, 2.05) is 50.2 Å². The molecule has 8 heteroatoms. The van der Waals surface area contributed by atoms with Crippen molar-refractivity contribution in [1.82, 2.24) is 10.2 Å². The molecule has 2 amide bonds. The highest BCUT2D eigenvalue weighted by atomic mass is 16.5. The molecule has 1 aliphatic rings. The number of carboxylic acids is 1. The van der Waals surface area contributed by atoms with Crippen LogP contribution in [0.2, 0.25) is 0 Å². The molecule has 2 aromatic carbocycles. The first kappa shape index (κ1) is 25.2. The summed E-state index contributed by atoms with van der Waals surface area (Å²) in [5.74, 6) is -1.60. The molecule has 0 aliphatic heterocycles. The normalized spacial score (nSPS) is 13.2. The quantitative estimate of drug-likeness (QED) is 0.523. The van der Waals surface area contributed by atoms with Crippen molar-refractivity contribution in [2.45, 2.75) is 32.2 Å². The van der Waals surface area contributed by atoms with Gasteiger partial charge in [0, 0.05) is 19.6 Å². The van der Waals surface area contributed by atoms with Crippen LogP contribution in [0.3, 0.4) is 0 Å². The van der Waals surface area contributed by atoms with E-state index in [0.29, 0.717) is 6.42 Å². The van der Waals surface area contributed by atoms with E-state index in [9.17, 15) is 19.5 Å². The van der Waals surface area contributed by atoms with Crippen LogP contribution in [0.1, 0.15) is 37.3 Å². The summed E-state index contributed by atoms with van der Waals surface area (Å²) < 4.78 is 10.6. The van der Waals surface area contributed by atoms with E-state index in [-0.39, 0.29) is 31.6 Å². The number of rotatable bonds is 11. The maximum absolute atomic E-state index is 13.1. The van der Waals surface area contributed by atoms with Crippen molar-refractivity contribution in [3.63, 3.8) is 0 Å². The van der Waals surface area contributed by atoms with Crippen molar-refractivity contribution >= 4 is 18.0 Å². The number of carbonyl (C=O) groups is 3. The van der Waals surface area contributed by atoms with E-state index in [2.05, 4.69) is 17.4 Å². The Morgan fingerprint density at radius 1 is 1.03 bits per heavy atom. The number of carbonyl (C=O) groups excluding carboxylic acids is 2. The Balaban J connectivity index is 1.69. The van der Waals surface area contributed by atoms with Crippen molar-refractivity contribution in [3.8, 4) is 11.1 Å². The molecule has 0 unspecified atom stereocenters. The Labute approximate surface area is 199 Å². The molecule has 1 aliphatic carbocycles. The molecule has 0 spiro atoms. The summed E-state index contributed by atoms with van der Waals surface area (Å²) >= 11 is 0. The van der Waals surface area contributed by atoms with Gasteiger partial charge in [-0.2, -0.15) is 0 Å². The predicted molar refractivity (Wildman–Crippen MR) is 128 cm³/mol. The van der Waals surface area contributed by atoms with Crippen molar-refractivity contribution < 1.29 is 29.0 Å². The predicted octanol–water partition coefficient (Wildman–Crippen LogP) is 3.50. The summed E-state index contributed by atoms with van der Waals surface area (Å²) in [5.41, 5.74) is 4.45. The number of hydrogen-bond donors (Lipinski definition) is 2. The van der Waals surface area contributed by atoms with Crippen molar-refractivity contribution in [1.29, 1.82) is 0 Å². The lowest BCUT2D eigenvalue weighted by Gasteiger charge is -2.27. The van der Waals surface area contributed by atoms with Crippen LogP contribution in [-0.4, -0.2) is 67.4 Å². The second kappa shape index (κ2) is 11.7. The van der Waals surface area contributed by atoms with Crippen LogP contribution in [0, 0.1) is 5.92 Å². The molecule has 2 aromatic rings. The molecular formula is C26H32N2O6. The van der Waals surface area contributed by atoms with E-state index in [0.717, 1.165) is 22.3 Å². The smallest absolute Gasteiger partial charge is 0.407 e. The first-order valence-corrected chi connectivity index (χ1v) is 11.4. The van der Waals surface area contributed by atoms with Crippen molar-refractivity contribution in [2.24, 2.45) is 5.92 Å². The minimum absolute atomic E-state index is 0.0944. The number of nitrogens with zero attached hydrogens (tertiary/aromatic N) is 1. The number of aliphatic carboxylic acids is 1. The van der Waals surface area contributed by atoms with Crippen LogP contribution in [0.5, 0.6) is 0 Å². The number of amides is 2. The minimum atomic E-state index is -1.13. The maximum Gasteiger partial charge on any atom is 0.407 e. The van der Waals surface area contributed by atoms with Crippen LogP contribution in [0.15, 0.2) is 48.5 Å². The summed E-state index contributed by atoms with van der Waals surface area (Å²) in [6.45, 7) is 3.82. The number of ether oxygens (including phenoxy) is 2. The zero-order valence-corrected chi connectivity index (χ0v) is 19.8. The van der Waals surface area contributed by atoms with E-state index in [1.165, 1.54) is 12.0 Å². The van der Waals surface area contributed by atoms with Crippen LogP contribution in [0.25, 0.3) is 11.1 Å². The number of hydrogen-bond acceptors (Lipinski definition) is 5. The Hall–Kier alpha value is -3.39. The van der Waals surface area contributed by atoms with E-state index < -0.39 is 30.6 Å². The van der Waals surface area contributed by atoms with E-state index in [4.69, 9.17) is 9.47 Å². The molecular weight excluding hydrogens is 436 g/mol. The van der Waals surface area contributed by atoms with Crippen LogP contribution < -0.4 is 5.32 Å². The molecule has 0 saturated heterocycles. The Kier molecular flexibility index (Phi) is 8.65. The molecule has 0 heterocycles. The Morgan fingerprint density at radius 2 is 1.62 bits per heavy atom. The molecule has 34 heavy (non-hydrogen) atoms.